The molecular weight excluding hydrogens is 194 g/mol. The van der Waals surface area contributed by atoms with E-state index in [1.807, 2.05) is 6.92 Å². The Morgan fingerprint density at radius 3 is 3.27 bits per heavy atom. The molecule has 0 spiro atoms. The average Bonchev–Trinajstić information content (AvgIpc) is 2.85. The third-order valence-corrected chi connectivity index (χ3v) is 2.65. The summed E-state index contributed by atoms with van der Waals surface area (Å²) in [5, 5.41) is 5.99. The van der Waals surface area contributed by atoms with Gasteiger partial charge in [0.2, 0.25) is 5.91 Å². The van der Waals surface area contributed by atoms with Crippen molar-refractivity contribution in [1.29, 1.82) is 0 Å². The number of rotatable bonds is 3. The van der Waals surface area contributed by atoms with Gasteiger partial charge in [0.25, 0.3) is 0 Å². The van der Waals surface area contributed by atoms with Crippen molar-refractivity contribution in [3.63, 3.8) is 0 Å². The van der Waals surface area contributed by atoms with Crippen molar-refractivity contribution >= 4 is 5.91 Å². The first-order chi connectivity index (χ1) is 7.27. The monoisotopic (exact) mass is 209 g/mol. The normalized spacial score (nSPS) is 20.5. The van der Waals surface area contributed by atoms with Crippen molar-refractivity contribution < 1.29 is 9.21 Å². The zero-order valence-corrected chi connectivity index (χ0v) is 8.75. The van der Waals surface area contributed by atoms with E-state index in [1.54, 1.807) is 0 Å². The van der Waals surface area contributed by atoms with Gasteiger partial charge in [-0.25, -0.2) is 4.98 Å². The zero-order valence-electron chi connectivity index (χ0n) is 8.75. The van der Waals surface area contributed by atoms with Gasteiger partial charge in [0.05, 0.1) is 12.6 Å². The van der Waals surface area contributed by atoms with E-state index in [-0.39, 0.29) is 11.9 Å². The second kappa shape index (κ2) is 4.44. The molecule has 1 saturated heterocycles. The fourth-order valence-corrected chi connectivity index (χ4v) is 1.70. The molecule has 2 rings (SSSR count). The highest BCUT2D eigenvalue weighted by Gasteiger charge is 2.21. The molecule has 0 aromatic carbocycles. The molecule has 1 aromatic heterocycles. The molecule has 5 heteroatoms. The van der Waals surface area contributed by atoms with E-state index in [9.17, 15) is 4.79 Å². The fourth-order valence-electron chi connectivity index (χ4n) is 1.70. The van der Waals surface area contributed by atoms with Crippen molar-refractivity contribution in [3.05, 3.63) is 17.8 Å². The first kappa shape index (κ1) is 10.2. The van der Waals surface area contributed by atoms with Gasteiger partial charge < -0.3 is 15.1 Å². The zero-order chi connectivity index (χ0) is 10.7. The van der Waals surface area contributed by atoms with Gasteiger partial charge >= 0.3 is 0 Å². The van der Waals surface area contributed by atoms with E-state index in [1.165, 1.54) is 6.39 Å². The maximum absolute atomic E-state index is 11.6. The Hall–Kier alpha value is -1.36. The number of nitrogens with zero attached hydrogens (tertiary/aromatic N) is 1. The molecule has 5 nitrogen and oxygen atoms in total. The van der Waals surface area contributed by atoms with Crippen LogP contribution in [0.2, 0.25) is 0 Å². The topological polar surface area (TPSA) is 67.2 Å². The van der Waals surface area contributed by atoms with E-state index in [4.69, 9.17) is 4.42 Å². The Bertz CT molecular complexity index is 342. The lowest BCUT2D eigenvalue weighted by molar-refractivity contribution is -0.122. The molecule has 1 atom stereocenters. The molecule has 0 saturated carbocycles. The number of hydrogen-bond donors (Lipinski definition) is 2. The lowest BCUT2D eigenvalue weighted by atomic mass is 10.2. The van der Waals surface area contributed by atoms with Crippen LogP contribution in [-0.2, 0) is 11.3 Å². The van der Waals surface area contributed by atoms with Gasteiger partial charge in [0, 0.05) is 0 Å². The van der Waals surface area contributed by atoms with Gasteiger partial charge in [-0.3, -0.25) is 4.79 Å². The molecule has 1 fully saturated rings. The van der Waals surface area contributed by atoms with Crippen LogP contribution in [0.3, 0.4) is 0 Å². The quantitative estimate of drug-likeness (QED) is 0.754. The highest BCUT2D eigenvalue weighted by atomic mass is 16.3. The van der Waals surface area contributed by atoms with Crippen molar-refractivity contribution in [2.24, 2.45) is 0 Å². The number of carbonyl (C=O) groups is 1. The van der Waals surface area contributed by atoms with Gasteiger partial charge in [-0.1, -0.05) is 0 Å². The minimum atomic E-state index is -0.0304. The summed E-state index contributed by atoms with van der Waals surface area (Å²) in [6, 6.07) is -0.0304. The minimum Gasteiger partial charge on any atom is -0.448 e. The van der Waals surface area contributed by atoms with Crippen molar-refractivity contribution in [1.82, 2.24) is 15.6 Å². The molecule has 2 N–H and O–H groups in total. The summed E-state index contributed by atoms with van der Waals surface area (Å²) in [7, 11) is 0. The van der Waals surface area contributed by atoms with Gasteiger partial charge in [0.15, 0.2) is 6.39 Å². The predicted molar refractivity (Wildman–Crippen MR) is 54.1 cm³/mol. The molecule has 1 unspecified atom stereocenters. The van der Waals surface area contributed by atoms with Crippen molar-refractivity contribution in [3.8, 4) is 0 Å². The molecule has 1 aromatic rings. The smallest absolute Gasteiger partial charge is 0.237 e. The Morgan fingerprint density at radius 1 is 1.80 bits per heavy atom. The van der Waals surface area contributed by atoms with Gasteiger partial charge in [-0.2, -0.15) is 0 Å². The van der Waals surface area contributed by atoms with E-state index in [2.05, 4.69) is 15.6 Å². The van der Waals surface area contributed by atoms with Crippen LogP contribution in [-0.4, -0.2) is 23.5 Å². The van der Waals surface area contributed by atoms with Gasteiger partial charge in [-0.05, 0) is 26.3 Å². The summed E-state index contributed by atoms with van der Waals surface area (Å²) in [6.07, 6.45) is 3.38. The number of aryl methyl sites for hydroxylation is 1. The molecule has 0 radical (unpaired) electrons. The first-order valence-corrected chi connectivity index (χ1v) is 5.17. The Kier molecular flexibility index (Phi) is 3.01. The number of nitrogens with one attached hydrogen (secondary N) is 2. The molecule has 82 valence electrons. The lowest BCUT2D eigenvalue weighted by Gasteiger charge is -2.09. The van der Waals surface area contributed by atoms with Crippen LogP contribution in [0.1, 0.15) is 24.3 Å². The SMILES string of the molecule is Cc1ocnc1CNC(=O)C1CCCN1. The second-order valence-corrected chi connectivity index (χ2v) is 3.72. The van der Waals surface area contributed by atoms with Crippen LogP contribution in [0.15, 0.2) is 10.8 Å². The maximum Gasteiger partial charge on any atom is 0.237 e. The Balaban J connectivity index is 1.83. The number of amides is 1. The molecular formula is C10H15N3O2. The summed E-state index contributed by atoms with van der Waals surface area (Å²) in [5.41, 5.74) is 0.793. The molecule has 1 aliphatic rings. The fraction of sp³-hybridized carbons (Fsp3) is 0.600. The summed E-state index contributed by atoms with van der Waals surface area (Å²) in [4.78, 5) is 15.6. The standard InChI is InChI=1S/C10H15N3O2/c1-7-9(13-6-15-7)5-12-10(14)8-3-2-4-11-8/h6,8,11H,2-5H2,1H3,(H,12,14). The van der Waals surface area contributed by atoms with E-state index >= 15 is 0 Å². The predicted octanol–water partition coefficient (Wildman–Crippen LogP) is 0.351. The van der Waals surface area contributed by atoms with Crippen LogP contribution in [0.5, 0.6) is 0 Å². The summed E-state index contributed by atoms with van der Waals surface area (Å²) < 4.78 is 5.04. The summed E-state index contributed by atoms with van der Waals surface area (Å²) in [5.74, 6) is 0.810. The first-order valence-electron chi connectivity index (χ1n) is 5.17. The van der Waals surface area contributed by atoms with Gasteiger partial charge in [0.1, 0.15) is 11.5 Å². The molecule has 2 heterocycles. The van der Waals surface area contributed by atoms with Crippen LogP contribution >= 0.6 is 0 Å². The average molecular weight is 209 g/mol. The Morgan fingerprint density at radius 2 is 2.67 bits per heavy atom. The van der Waals surface area contributed by atoms with Crippen LogP contribution in [0, 0.1) is 6.92 Å². The third-order valence-electron chi connectivity index (χ3n) is 2.65. The van der Waals surface area contributed by atoms with Crippen molar-refractivity contribution in [2.45, 2.75) is 32.4 Å². The van der Waals surface area contributed by atoms with Crippen LogP contribution < -0.4 is 10.6 Å². The molecule has 1 aliphatic heterocycles. The molecule has 0 aliphatic carbocycles. The number of oxazole rings is 1. The van der Waals surface area contributed by atoms with Crippen molar-refractivity contribution in [2.75, 3.05) is 6.54 Å². The highest BCUT2D eigenvalue weighted by Crippen LogP contribution is 2.06. The van der Waals surface area contributed by atoms with E-state index in [0.717, 1.165) is 30.8 Å². The summed E-state index contributed by atoms with van der Waals surface area (Å²) >= 11 is 0. The minimum absolute atomic E-state index is 0.0304. The van der Waals surface area contributed by atoms with Crippen LogP contribution in [0.4, 0.5) is 0 Å². The third kappa shape index (κ3) is 2.36. The number of aromatic nitrogens is 1. The summed E-state index contributed by atoms with van der Waals surface area (Å²) in [6.45, 7) is 3.21. The largest absolute Gasteiger partial charge is 0.448 e. The maximum atomic E-state index is 11.6. The molecule has 15 heavy (non-hydrogen) atoms. The van der Waals surface area contributed by atoms with Gasteiger partial charge in [-0.15, -0.1) is 0 Å². The molecule has 0 bridgehead atoms. The van der Waals surface area contributed by atoms with E-state index in [0.29, 0.717) is 6.54 Å². The van der Waals surface area contributed by atoms with E-state index < -0.39 is 0 Å². The highest BCUT2D eigenvalue weighted by molar-refractivity contribution is 5.81. The number of hydrogen-bond acceptors (Lipinski definition) is 4. The van der Waals surface area contributed by atoms with Crippen LogP contribution in [0.25, 0.3) is 0 Å². The molecule has 1 amide bonds. The second-order valence-electron chi connectivity index (χ2n) is 3.72. The number of carbonyl (C=O) groups excluding carboxylic acids is 1. The Labute approximate surface area is 88.3 Å². The lowest BCUT2D eigenvalue weighted by Crippen LogP contribution is -2.40.